The minimum Gasteiger partial charge on any atom is -0.357 e. The van der Waals surface area contributed by atoms with Gasteiger partial charge in [0.1, 0.15) is 5.69 Å². The fraction of sp³-hybridized carbons (Fsp3) is 0.231. The van der Waals surface area contributed by atoms with E-state index < -0.39 is 5.82 Å². The number of hydrogen-bond acceptors (Lipinski definition) is 3. The van der Waals surface area contributed by atoms with Gasteiger partial charge >= 0.3 is 0 Å². The van der Waals surface area contributed by atoms with Gasteiger partial charge in [-0.25, -0.2) is 14.4 Å². The summed E-state index contributed by atoms with van der Waals surface area (Å²) in [5.74, 6) is 0.00885. The first-order chi connectivity index (χ1) is 8.10. The summed E-state index contributed by atoms with van der Waals surface area (Å²) in [6.07, 6.45) is 1.19. The quantitative estimate of drug-likeness (QED) is 0.863. The minimum atomic E-state index is -0.408. The largest absolute Gasteiger partial charge is 0.357 e. The Morgan fingerprint density at radius 2 is 1.76 bits per heavy atom. The molecule has 17 heavy (non-hydrogen) atoms. The maximum absolute atomic E-state index is 13.7. The zero-order chi connectivity index (χ0) is 12.4. The second-order valence-electron chi connectivity index (χ2n) is 4.02. The highest BCUT2D eigenvalue weighted by atomic mass is 19.1. The molecule has 2 rings (SSSR count). The molecule has 3 nitrogen and oxygen atoms in total. The van der Waals surface area contributed by atoms with Crippen LogP contribution in [0.3, 0.4) is 0 Å². The van der Waals surface area contributed by atoms with Crippen molar-refractivity contribution in [1.29, 1.82) is 0 Å². The van der Waals surface area contributed by atoms with Crippen LogP contribution in [0, 0.1) is 19.7 Å². The average molecular weight is 231 g/mol. The normalized spacial score (nSPS) is 10.4. The number of benzene rings is 1. The van der Waals surface area contributed by atoms with E-state index in [4.69, 9.17) is 0 Å². The van der Waals surface area contributed by atoms with Gasteiger partial charge in [-0.3, -0.25) is 0 Å². The lowest BCUT2D eigenvalue weighted by Crippen LogP contribution is -2.00. The molecular weight excluding hydrogens is 217 g/mol. The molecule has 0 aliphatic heterocycles. The van der Waals surface area contributed by atoms with Gasteiger partial charge in [-0.1, -0.05) is 17.2 Å². The molecule has 0 amide bonds. The Morgan fingerprint density at radius 3 is 2.35 bits per heavy atom. The van der Waals surface area contributed by atoms with Crippen molar-refractivity contribution in [3.8, 4) is 11.3 Å². The van der Waals surface area contributed by atoms with Crippen molar-refractivity contribution in [3.63, 3.8) is 0 Å². The van der Waals surface area contributed by atoms with Crippen LogP contribution in [0.25, 0.3) is 11.3 Å². The minimum absolute atomic E-state index is 0.330. The molecule has 0 bridgehead atoms. The van der Waals surface area contributed by atoms with Crippen molar-refractivity contribution in [2.75, 3.05) is 12.4 Å². The van der Waals surface area contributed by atoms with Crippen LogP contribution in [0.4, 0.5) is 10.3 Å². The third-order valence-corrected chi connectivity index (χ3v) is 2.46. The maximum Gasteiger partial charge on any atom is 0.223 e. The fourth-order valence-electron chi connectivity index (χ4n) is 1.80. The first-order valence-electron chi connectivity index (χ1n) is 5.39. The summed E-state index contributed by atoms with van der Waals surface area (Å²) >= 11 is 0. The maximum atomic E-state index is 13.7. The van der Waals surface area contributed by atoms with Crippen LogP contribution in [0.15, 0.2) is 24.4 Å². The van der Waals surface area contributed by atoms with E-state index in [9.17, 15) is 4.39 Å². The van der Waals surface area contributed by atoms with Gasteiger partial charge in [-0.15, -0.1) is 0 Å². The Bertz CT molecular complexity index is 532. The van der Waals surface area contributed by atoms with E-state index >= 15 is 0 Å². The zero-order valence-electron chi connectivity index (χ0n) is 10.1. The topological polar surface area (TPSA) is 37.8 Å². The Balaban J connectivity index is 2.58. The molecule has 1 N–H and O–H groups in total. The second kappa shape index (κ2) is 4.49. The SMILES string of the molecule is CNc1ncc(F)c(-c2cc(C)cc(C)c2)n1. The van der Waals surface area contributed by atoms with E-state index in [1.165, 1.54) is 6.20 Å². The Hall–Kier alpha value is -1.97. The van der Waals surface area contributed by atoms with Crippen molar-refractivity contribution in [3.05, 3.63) is 41.3 Å². The molecule has 0 aliphatic rings. The molecular formula is C13H14FN3. The molecule has 0 saturated carbocycles. The van der Waals surface area contributed by atoms with Crippen molar-refractivity contribution < 1.29 is 4.39 Å². The van der Waals surface area contributed by atoms with Gasteiger partial charge in [0.05, 0.1) is 6.20 Å². The highest BCUT2D eigenvalue weighted by molar-refractivity contribution is 5.62. The summed E-state index contributed by atoms with van der Waals surface area (Å²) in [5.41, 5.74) is 3.28. The van der Waals surface area contributed by atoms with Gasteiger partial charge in [0.25, 0.3) is 0 Å². The molecule has 0 aliphatic carbocycles. The first kappa shape index (κ1) is 11.5. The molecule has 88 valence electrons. The number of aromatic nitrogens is 2. The monoisotopic (exact) mass is 231 g/mol. The molecule has 1 heterocycles. The summed E-state index contributed by atoms with van der Waals surface area (Å²) in [6.45, 7) is 3.96. The van der Waals surface area contributed by atoms with Gasteiger partial charge in [0.2, 0.25) is 5.95 Å². The predicted molar refractivity (Wildman–Crippen MR) is 66.4 cm³/mol. The summed E-state index contributed by atoms with van der Waals surface area (Å²) in [6, 6.07) is 5.87. The second-order valence-corrected chi connectivity index (χ2v) is 4.02. The van der Waals surface area contributed by atoms with Gasteiger partial charge in [-0.2, -0.15) is 0 Å². The van der Waals surface area contributed by atoms with Crippen molar-refractivity contribution >= 4 is 5.95 Å². The fourth-order valence-corrected chi connectivity index (χ4v) is 1.80. The van der Waals surface area contributed by atoms with E-state index in [0.29, 0.717) is 11.6 Å². The first-order valence-corrected chi connectivity index (χ1v) is 5.39. The van der Waals surface area contributed by atoms with Crippen molar-refractivity contribution in [1.82, 2.24) is 9.97 Å². The third kappa shape index (κ3) is 2.41. The Kier molecular flexibility index (Phi) is 3.04. The standard InChI is InChI=1S/C13H14FN3/c1-8-4-9(2)6-10(5-8)12-11(14)7-16-13(15-3)17-12/h4-7H,1-3H3,(H,15,16,17). The Labute approximate surface area is 99.7 Å². The predicted octanol–water partition coefficient (Wildman–Crippen LogP) is 2.94. The van der Waals surface area contributed by atoms with Gasteiger partial charge < -0.3 is 5.32 Å². The summed E-state index contributed by atoms with van der Waals surface area (Å²) in [7, 11) is 1.71. The summed E-state index contributed by atoms with van der Waals surface area (Å²) in [4.78, 5) is 7.98. The Morgan fingerprint density at radius 1 is 1.12 bits per heavy atom. The zero-order valence-corrected chi connectivity index (χ0v) is 10.1. The van der Waals surface area contributed by atoms with Crippen LogP contribution in [0.1, 0.15) is 11.1 Å². The summed E-state index contributed by atoms with van der Waals surface area (Å²) in [5, 5.41) is 2.80. The number of nitrogens with one attached hydrogen (secondary N) is 1. The van der Waals surface area contributed by atoms with E-state index in [-0.39, 0.29) is 0 Å². The van der Waals surface area contributed by atoms with Crippen LogP contribution < -0.4 is 5.32 Å². The molecule has 0 spiro atoms. The van der Waals surface area contributed by atoms with Gasteiger partial charge in [0, 0.05) is 12.6 Å². The van der Waals surface area contributed by atoms with Crippen LogP contribution in [-0.4, -0.2) is 17.0 Å². The van der Waals surface area contributed by atoms with Gasteiger partial charge in [0.15, 0.2) is 5.82 Å². The number of nitrogens with zero attached hydrogens (tertiary/aromatic N) is 2. The lowest BCUT2D eigenvalue weighted by molar-refractivity contribution is 0.619. The highest BCUT2D eigenvalue weighted by Crippen LogP contribution is 2.23. The highest BCUT2D eigenvalue weighted by Gasteiger charge is 2.09. The van der Waals surface area contributed by atoms with E-state index in [1.54, 1.807) is 7.05 Å². The van der Waals surface area contributed by atoms with Crippen LogP contribution in [0.2, 0.25) is 0 Å². The molecule has 0 radical (unpaired) electrons. The molecule has 4 heteroatoms. The van der Waals surface area contributed by atoms with Crippen LogP contribution in [-0.2, 0) is 0 Å². The van der Waals surface area contributed by atoms with E-state index in [2.05, 4.69) is 15.3 Å². The van der Waals surface area contributed by atoms with Crippen molar-refractivity contribution in [2.24, 2.45) is 0 Å². The number of halogens is 1. The number of aryl methyl sites for hydroxylation is 2. The number of rotatable bonds is 2. The van der Waals surface area contributed by atoms with Crippen LogP contribution in [0.5, 0.6) is 0 Å². The molecule has 0 fully saturated rings. The molecule has 0 saturated heterocycles. The lowest BCUT2D eigenvalue weighted by Gasteiger charge is -2.07. The lowest BCUT2D eigenvalue weighted by atomic mass is 10.0. The summed E-state index contributed by atoms with van der Waals surface area (Å²) < 4.78 is 13.7. The molecule has 1 aromatic heterocycles. The van der Waals surface area contributed by atoms with E-state index in [0.717, 1.165) is 16.7 Å². The molecule has 0 unspecified atom stereocenters. The van der Waals surface area contributed by atoms with Gasteiger partial charge in [-0.05, 0) is 26.0 Å². The smallest absolute Gasteiger partial charge is 0.223 e. The molecule has 0 atom stereocenters. The number of hydrogen-bond donors (Lipinski definition) is 1. The number of anilines is 1. The van der Waals surface area contributed by atoms with E-state index in [1.807, 2.05) is 32.0 Å². The van der Waals surface area contributed by atoms with Crippen LogP contribution >= 0.6 is 0 Å². The molecule has 1 aromatic carbocycles. The van der Waals surface area contributed by atoms with Crippen molar-refractivity contribution in [2.45, 2.75) is 13.8 Å². The average Bonchev–Trinajstić information content (AvgIpc) is 2.28. The molecule has 2 aromatic rings. The third-order valence-electron chi connectivity index (χ3n) is 2.46.